The molecule has 4 rings (SSSR count). The van der Waals surface area contributed by atoms with E-state index in [-0.39, 0.29) is 18.1 Å². The van der Waals surface area contributed by atoms with Crippen molar-refractivity contribution in [1.29, 1.82) is 0 Å². The third-order valence-corrected chi connectivity index (χ3v) is 4.17. The summed E-state index contributed by atoms with van der Waals surface area (Å²) in [4.78, 5) is 14.7. The van der Waals surface area contributed by atoms with Crippen LogP contribution in [0.15, 0.2) is 18.3 Å². The molecular formula is C14H17N5O2. The molecule has 21 heavy (non-hydrogen) atoms. The molecule has 110 valence electrons. The molecule has 0 bridgehead atoms. The van der Waals surface area contributed by atoms with Crippen molar-refractivity contribution in [1.82, 2.24) is 24.9 Å². The molecule has 7 nitrogen and oxygen atoms in total. The van der Waals surface area contributed by atoms with Gasteiger partial charge in [-0.05, 0) is 48.2 Å². The Morgan fingerprint density at radius 2 is 2.24 bits per heavy atom. The van der Waals surface area contributed by atoms with Crippen molar-refractivity contribution in [3.8, 4) is 0 Å². The maximum atomic E-state index is 12.8. The van der Waals surface area contributed by atoms with Crippen molar-refractivity contribution in [3.05, 3.63) is 23.9 Å². The number of amides is 1. The molecule has 0 spiro atoms. The van der Waals surface area contributed by atoms with Gasteiger partial charge in [0.2, 0.25) is 0 Å². The highest BCUT2D eigenvalue weighted by atomic mass is 16.5. The number of hydrogen-bond donors (Lipinski definition) is 0. The summed E-state index contributed by atoms with van der Waals surface area (Å²) in [5, 5.41) is 11.4. The summed E-state index contributed by atoms with van der Waals surface area (Å²) in [6.45, 7) is 3.30. The number of nitrogens with zero attached hydrogens (tertiary/aromatic N) is 5. The first kappa shape index (κ1) is 12.7. The molecule has 7 heteroatoms. The Balaban J connectivity index is 1.62. The molecule has 0 radical (unpaired) electrons. The molecule has 0 N–H and O–H groups in total. The topological polar surface area (TPSA) is 72.6 Å². The third kappa shape index (κ3) is 2.27. The second kappa shape index (κ2) is 4.77. The SMILES string of the molecule is CC1CN(C(=O)c2cccn3nnnc23)CC(C2CC2)O1. The van der Waals surface area contributed by atoms with Gasteiger partial charge in [0.25, 0.3) is 5.91 Å². The first-order valence-electron chi connectivity index (χ1n) is 7.34. The zero-order valence-electron chi connectivity index (χ0n) is 11.8. The lowest BCUT2D eigenvalue weighted by Gasteiger charge is -2.37. The van der Waals surface area contributed by atoms with Crippen molar-refractivity contribution >= 4 is 11.6 Å². The molecule has 2 unspecified atom stereocenters. The smallest absolute Gasteiger partial charge is 0.257 e. The van der Waals surface area contributed by atoms with Gasteiger partial charge in [-0.25, -0.2) is 0 Å². The third-order valence-electron chi connectivity index (χ3n) is 4.17. The zero-order chi connectivity index (χ0) is 14.4. The van der Waals surface area contributed by atoms with Crippen molar-refractivity contribution in [2.45, 2.75) is 32.0 Å². The summed E-state index contributed by atoms with van der Waals surface area (Å²) < 4.78 is 7.48. The average molecular weight is 287 g/mol. The lowest BCUT2D eigenvalue weighted by Crippen LogP contribution is -2.50. The minimum atomic E-state index is -0.0174. The van der Waals surface area contributed by atoms with Gasteiger partial charge in [-0.3, -0.25) is 4.79 Å². The van der Waals surface area contributed by atoms with Crippen LogP contribution >= 0.6 is 0 Å². The van der Waals surface area contributed by atoms with Crippen molar-refractivity contribution in [2.24, 2.45) is 5.92 Å². The van der Waals surface area contributed by atoms with E-state index in [1.54, 1.807) is 18.3 Å². The molecule has 3 heterocycles. The average Bonchev–Trinajstić information content (AvgIpc) is 3.23. The molecule has 0 aromatic carbocycles. The summed E-state index contributed by atoms with van der Waals surface area (Å²) >= 11 is 0. The quantitative estimate of drug-likeness (QED) is 0.815. The number of carbonyl (C=O) groups excluding carboxylic acids is 1. The second-order valence-corrected chi connectivity index (χ2v) is 5.90. The van der Waals surface area contributed by atoms with Crippen LogP contribution in [0, 0.1) is 5.92 Å². The van der Waals surface area contributed by atoms with Gasteiger partial charge in [0.15, 0.2) is 5.65 Å². The van der Waals surface area contributed by atoms with Crippen LogP contribution in [0.5, 0.6) is 0 Å². The number of morpholine rings is 1. The Hall–Kier alpha value is -2.02. The number of fused-ring (bicyclic) bond motifs is 1. The van der Waals surface area contributed by atoms with Crippen molar-refractivity contribution in [3.63, 3.8) is 0 Å². The van der Waals surface area contributed by atoms with Gasteiger partial charge in [0, 0.05) is 19.3 Å². The van der Waals surface area contributed by atoms with Gasteiger partial charge in [0.1, 0.15) is 0 Å². The fourth-order valence-electron chi connectivity index (χ4n) is 2.98. The van der Waals surface area contributed by atoms with Gasteiger partial charge in [0.05, 0.1) is 17.8 Å². The molecule has 1 aliphatic heterocycles. The minimum Gasteiger partial charge on any atom is -0.371 e. The Morgan fingerprint density at radius 3 is 3.05 bits per heavy atom. The summed E-state index contributed by atoms with van der Waals surface area (Å²) in [5.74, 6) is 0.602. The van der Waals surface area contributed by atoms with Gasteiger partial charge in [-0.15, -0.1) is 5.10 Å². The fraction of sp³-hybridized carbons (Fsp3) is 0.571. The fourth-order valence-corrected chi connectivity index (χ4v) is 2.98. The van der Waals surface area contributed by atoms with Crippen LogP contribution in [0.1, 0.15) is 30.1 Å². The van der Waals surface area contributed by atoms with Crippen LogP contribution in [-0.2, 0) is 4.74 Å². The molecule has 2 aromatic heterocycles. The molecule has 2 atom stereocenters. The van der Waals surface area contributed by atoms with E-state index in [9.17, 15) is 4.79 Å². The van der Waals surface area contributed by atoms with Gasteiger partial charge >= 0.3 is 0 Å². The molecule has 2 aromatic rings. The van der Waals surface area contributed by atoms with Crippen LogP contribution in [0.2, 0.25) is 0 Å². The Labute approximate surface area is 121 Å². The normalized spacial score (nSPS) is 26.2. The van der Waals surface area contributed by atoms with Crippen LogP contribution in [0.4, 0.5) is 0 Å². The Bertz CT molecular complexity index is 681. The van der Waals surface area contributed by atoms with Gasteiger partial charge in [-0.1, -0.05) is 0 Å². The second-order valence-electron chi connectivity index (χ2n) is 5.90. The molecule has 1 amide bonds. The highest BCUT2D eigenvalue weighted by molar-refractivity contribution is 5.99. The predicted molar refractivity (Wildman–Crippen MR) is 73.7 cm³/mol. The van der Waals surface area contributed by atoms with E-state index >= 15 is 0 Å². The van der Waals surface area contributed by atoms with E-state index in [4.69, 9.17) is 4.74 Å². The van der Waals surface area contributed by atoms with Gasteiger partial charge in [-0.2, -0.15) is 4.52 Å². The maximum Gasteiger partial charge on any atom is 0.257 e. The lowest BCUT2D eigenvalue weighted by molar-refractivity contribution is -0.0761. The first-order valence-corrected chi connectivity index (χ1v) is 7.34. The van der Waals surface area contributed by atoms with Crippen LogP contribution in [-0.4, -0.2) is 56.1 Å². The van der Waals surface area contributed by atoms with E-state index in [0.29, 0.717) is 30.2 Å². The molecule has 2 fully saturated rings. The first-order chi connectivity index (χ1) is 10.2. The number of carbonyl (C=O) groups is 1. The van der Waals surface area contributed by atoms with Crippen LogP contribution in [0.3, 0.4) is 0 Å². The lowest BCUT2D eigenvalue weighted by atomic mass is 10.1. The molecular weight excluding hydrogens is 270 g/mol. The van der Waals surface area contributed by atoms with Crippen LogP contribution in [0.25, 0.3) is 5.65 Å². The predicted octanol–water partition coefficient (Wildman–Crippen LogP) is 0.764. The number of pyridine rings is 1. The standard InChI is InChI=1S/C14H17N5O2/c1-9-7-18(8-12(21-9)10-4-5-10)14(20)11-3-2-6-19-13(11)15-16-17-19/h2-3,6,9-10,12H,4-5,7-8H2,1H3. The highest BCUT2D eigenvalue weighted by Gasteiger charge is 2.39. The number of tetrazole rings is 1. The maximum absolute atomic E-state index is 12.8. The van der Waals surface area contributed by atoms with Gasteiger partial charge < -0.3 is 9.64 Å². The zero-order valence-corrected chi connectivity index (χ0v) is 11.8. The number of aromatic nitrogens is 4. The highest BCUT2D eigenvalue weighted by Crippen LogP contribution is 2.36. The van der Waals surface area contributed by atoms with E-state index in [1.807, 2.05) is 11.8 Å². The van der Waals surface area contributed by atoms with Crippen molar-refractivity contribution in [2.75, 3.05) is 13.1 Å². The Kier molecular flexibility index (Phi) is 2.88. The monoisotopic (exact) mass is 287 g/mol. The molecule has 2 aliphatic rings. The van der Waals surface area contributed by atoms with Crippen molar-refractivity contribution < 1.29 is 9.53 Å². The molecule has 1 saturated carbocycles. The summed E-state index contributed by atoms with van der Waals surface area (Å²) in [5.41, 5.74) is 1.05. The summed E-state index contributed by atoms with van der Waals surface area (Å²) in [7, 11) is 0. The largest absolute Gasteiger partial charge is 0.371 e. The molecule has 1 saturated heterocycles. The number of hydrogen-bond acceptors (Lipinski definition) is 5. The number of rotatable bonds is 2. The van der Waals surface area contributed by atoms with E-state index in [1.165, 1.54) is 17.4 Å². The van der Waals surface area contributed by atoms with Crippen LogP contribution < -0.4 is 0 Å². The summed E-state index contributed by atoms with van der Waals surface area (Å²) in [6, 6.07) is 3.57. The van der Waals surface area contributed by atoms with E-state index < -0.39 is 0 Å². The summed E-state index contributed by atoms with van der Waals surface area (Å²) in [6.07, 6.45) is 4.41. The Morgan fingerprint density at radius 1 is 1.38 bits per heavy atom. The minimum absolute atomic E-state index is 0.0174. The van der Waals surface area contributed by atoms with E-state index in [2.05, 4.69) is 15.5 Å². The number of ether oxygens (including phenoxy) is 1. The molecule has 1 aliphatic carbocycles. The van der Waals surface area contributed by atoms with E-state index in [0.717, 1.165) is 0 Å².